The monoisotopic (exact) mass is 472 g/mol. The molecule has 0 saturated carbocycles. The van der Waals surface area contributed by atoms with E-state index in [9.17, 15) is 12.6 Å². The van der Waals surface area contributed by atoms with Gasteiger partial charge in [0, 0.05) is 23.2 Å². The quantitative estimate of drug-likeness (QED) is 0.375. The van der Waals surface area contributed by atoms with E-state index in [2.05, 4.69) is 4.72 Å². The second-order valence-corrected chi connectivity index (χ2v) is 9.84. The van der Waals surface area contributed by atoms with Gasteiger partial charge in [-0.05, 0) is 35.9 Å². The SMILES string of the molecule is C.COc1ccc(S(=O)Cc2cccc(N)c2)c(NS(=O)(=O)c2cc3ccccc3o2)c1. The first kappa shape index (κ1) is 23.4. The van der Waals surface area contributed by atoms with Crippen LogP contribution in [0.5, 0.6) is 5.75 Å². The fourth-order valence-corrected chi connectivity index (χ4v) is 5.43. The summed E-state index contributed by atoms with van der Waals surface area (Å²) in [7, 11) is -4.13. The summed E-state index contributed by atoms with van der Waals surface area (Å²) < 4.78 is 52.3. The highest BCUT2D eigenvalue weighted by Crippen LogP contribution is 2.30. The van der Waals surface area contributed by atoms with Crippen molar-refractivity contribution in [3.05, 3.63) is 78.4 Å². The lowest BCUT2D eigenvalue weighted by Crippen LogP contribution is -2.14. The van der Waals surface area contributed by atoms with Gasteiger partial charge in [0.25, 0.3) is 10.0 Å². The maximum atomic E-state index is 13.1. The number of para-hydroxylation sites is 1. The molecule has 9 heteroatoms. The van der Waals surface area contributed by atoms with Crippen molar-refractivity contribution < 1.29 is 21.8 Å². The highest BCUT2D eigenvalue weighted by atomic mass is 32.2. The van der Waals surface area contributed by atoms with Crippen LogP contribution in [0.4, 0.5) is 11.4 Å². The Morgan fingerprint density at radius 1 is 1.03 bits per heavy atom. The highest BCUT2D eigenvalue weighted by molar-refractivity contribution is 7.92. The number of benzene rings is 3. The first-order chi connectivity index (χ1) is 14.9. The molecule has 0 aliphatic heterocycles. The van der Waals surface area contributed by atoms with Crippen LogP contribution >= 0.6 is 0 Å². The van der Waals surface area contributed by atoms with E-state index < -0.39 is 20.8 Å². The van der Waals surface area contributed by atoms with E-state index in [4.69, 9.17) is 14.9 Å². The third-order valence-corrected chi connectivity index (χ3v) is 7.25. The topological polar surface area (TPSA) is 112 Å². The molecular formula is C23H24N2O5S2. The van der Waals surface area contributed by atoms with Crippen LogP contribution in [0.3, 0.4) is 0 Å². The summed E-state index contributed by atoms with van der Waals surface area (Å²) in [5.41, 5.74) is 7.76. The lowest BCUT2D eigenvalue weighted by Gasteiger charge is -2.13. The van der Waals surface area contributed by atoms with Gasteiger partial charge in [-0.3, -0.25) is 8.93 Å². The molecule has 0 aliphatic rings. The molecule has 1 unspecified atom stereocenters. The van der Waals surface area contributed by atoms with Gasteiger partial charge in [0.05, 0.1) is 34.2 Å². The van der Waals surface area contributed by atoms with Crippen LogP contribution in [-0.2, 0) is 26.6 Å². The number of anilines is 2. The predicted octanol–water partition coefficient (Wildman–Crippen LogP) is 4.77. The fourth-order valence-electron chi connectivity index (χ4n) is 3.11. The molecule has 3 aromatic carbocycles. The number of hydrogen-bond donors (Lipinski definition) is 2. The van der Waals surface area contributed by atoms with Gasteiger partial charge in [-0.1, -0.05) is 37.8 Å². The molecule has 32 heavy (non-hydrogen) atoms. The molecule has 3 N–H and O–H groups in total. The van der Waals surface area contributed by atoms with E-state index in [0.29, 0.717) is 27.3 Å². The molecular weight excluding hydrogens is 448 g/mol. The second-order valence-electron chi connectivity index (χ2n) is 6.81. The number of hydrogen-bond acceptors (Lipinski definition) is 6. The van der Waals surface area contributed by atoms with E-state index in [1.54, 1.807) is 54.6 Å². The summed E-state index contributed by atoms with van der Waals surface area (Å²) in [6, 6.07) is 20.2. The molecule has 168 valence electrons. The average Bonchev–Trinajstić information content (AvgIpc) is 3.19. The summed E-state index contributed by atoms with van der Waals surface area (Å²) in [4.78, 5) is 0.322. The standard InChI is InChI=1S/C22H20N2O5S2.CH4/c1-28-18-9-10-21(30(25)14-15-5-4-7-17(23)11-15)19(13-18)24-31(26,27)22-12-16-6-2-3-8-20(16)29-22;/h2-13,24H,14,23H2,1H3;1H4. The van der Waals surface area contributed by atoms with Crippen LogP contribution in [0.1, 0.15) is 13.0 Å². The molecule has 0 amide bonds. The van der Waals surface area contributed by atoms with Crippen molar-refractivity contribution in [2.45, 2.75) is 23.2 Å². The number of methoxy groups -OCH3 is 1. The summed E-state index contributed by atoms with van der Waals surface area (Å²) in [5, 5.41) is 0.433. The summed E-state index contributed by atoms with van der Waals surface area (Å²) >= 11 is 0. The van der Waals surface area contributed by atoms with Crippen LogP contribution in [-0.4, -0.2) is 19.7 Å². The molecule has 7 nitrogen and oxygen atoms in total. The molecule has 1 atom stereocenters. The Bertz CT molecular complexity index is 1350. The number of nitrogens with two attached hydrogens (primary N) is 1. The van der Waals surface area contributed by atoms with Crippen molar-refractivity contribution in [3.63, 3.8) is 0 Å². The minimum Gasteiger partial charge on any atom is -0.497 e. The minimum atomic E-state index is -4.06. The zero-order chi connectivity index (χ0) is 22.0. The van der Waals surface area contributed by atoms with Gasteiger partial charge in [0.1, 0.15) is 11.3 Å². The molecule has 0 aliphatic carbocycles. The average molecular weight is 473 g/mol. The van der Waals surface area contributed by atoms with E-state index in [1.807, 2.05) is 6.07 Å². The molecule has 0 fully saturated rings. The van der Waals surface area contributed by atoms with Crippen LogP contribution < -0.4 is 15.2 Å². The van der Waals surface area contributed by atoms with Crippen molar-refractivity contribution in [1.82, 2.24) is 0 Å². The normalized spacial score (nSPS) is 12.2. The zero-order valence-electron chi connectivity index (χ0n) is 16.6. The summed E-state index contributed by atoms with van der Waals surface area (Å²) in [5.74, 6) is 0.600. The summed E-state index contributed by atoms with van der Waals surface area (Å²) in [6.07, 6.45) is 0. The summed E-state index contributed by atoms with van der Waals surface area (Å²) in [6.45, 7) is 0. The Kier molecular flexibility index (Phi) is 6.90. The third kappa shape index (κ3) is 4.95. The van der Waals surface area contributed by atoms with Gasteiger partial charge in [-0.15, -0.1) is 0 Å². The Morgan fingerprint density at radius 3 is 2.53 bits per heavy atom. The molecule has 4 rings (SSSR count). The van der Waals surface area contributed by atoms with Crippen molar-refractivity contribution in [2.24, 2.45) is 0 Å². The molecule has 0 spiro atoms. The molecule has 1 heterocycles. The lowest BCUT2D eigenvalue weighted by atomic mass is 10.2. The van der Waals surface area contributed by atoms with Crippen molar-refractivity contribution in [2.75, 3.05) is 17.6 Å². The Labute approximate surface area is 189 Å². The van der Waals surface area contributed by atoms with Crippen molar-refractivity contribution >= 4 is 43.2 Å². The van der Waals surface area contributed by atoms with Gasteiger partial charge < -0.3 is 14.9 Å². The molecule has 4 aromatic rings. The first-order valence-electron chi connectivity index (χ1n) is 9.28. The van der Waals surface area contributed by atoms with Gasteiger partial charge in [-0.2, -0.15) is 8.42 Å². The van der Waals surface area contributed by atoms with Crippen LogP contribution in [0.25, 0.3) is 11.0 Å². The van der Waals surface area contributed by atoms with Crippen LogP contribution in [0.2, 0.25) is 0 Å². The third-order valence-electron chi connectivity index (χ3n) is 4.59. The van der Waals surface area contributed by atoms with Crippen molar-refractivity contribution in [3.8, 4) is 5.75 Å². The van der Waals surface area contributed by atoms with Gasteiger partial charge in [0.2, 0.25) is 5.09 Å². The Morgan fingerprint density at radius 2 is 1.81 bits per heavy atom. The molecule has 0 bridgehead atoms. The number of rotatable bonds is 7. The smallest absolute Gasteiger partial charge is 0.295 e. The number of nitrogens with one attached hydrogen (secondary N) is 1. The van der Waals surface area contributed by atoms with E-state index in [0.717, 1.165) is 5.56 Å². The Balaban J connectivity index is 0.00000289. The van der Waals surface area contributed by atoms with Crippen molar-refractivity contribution in [1.29, 1.82) is 0 Å². The number of nitrogen functional groups attached to an aromatic ring is 1. The van der Waals surface area contributed by atoms with Crippen LogP contribution in [0, 0.1) is 0 Å². The molecule has 0 saturated heterocycles. The number of ether oxygens (including phenoxy) is 1. The first-order valence-corrected chi connectivity index (χ1v) is 12.1. The van der Waals surface area contributed by atoms with Crippen LogP contribution in [0.15, 0.2) is 87.2 Å². The lowest BCUT2D eigenvalue weighted by molar-refractivity contribution is 0.414. The second kappa shape index (κ2) is 9.46. The predicted molar refractivity (Wildman–Crippen MR) is 128 cm³/mol. The van der Waals surface area contributed by atoms with E-state index >= 15 is 0 Å². The number of fused-ring (bicyclic) bond motifs is 1. The number of furan rings is 1. The van der Waals surface area contributed by atoms with Gasteiger partial charge in [0.15, 0.2) is 0 Å². The molecule has 1 aromatic heterocycles. The fraction of sp³-hybridized carbons (Fsp3) is 0.130. The molecule has 0 radical (unpaired) electrons. The van der Waals surface area contributed by atoms with Gasteiger partial charge in [-0.25, -0.2) is 0 Å². The maximum Gasteiger partial charge on any atom is 0.295 e. The zero-order valence-corrected chi connectivity index (χ0v) is 18.2. The van der Waals surface area contributed by atoms with E-state index in [-0.39, 0.29) is 24.0 Å². The Hall–Kier alpha value is -3.30. The largest absolute Gasteiger partial charge is 0.497 e. The van der Waals surface area contributed by atoms with Gasteiger partial charge >= 0.3 is 0 Å². The maximum absolute atomic E-state index is 13.1. The minimum absolute atomic E-state index is 0. The highest BCUT2D eigenvalue weighted by Gasteiger charge is 2.23. The number of sulfonamides is 1. The van der Waals surface area contributed by atoms with E-state index in [1.165, 1.54) is 19.2 Å².